The van der Waals surface area contributed by atoms with E-state index in [9.17, 15) is 21.6 Å². The number of hydrogen-bond acceptors (Lipinski definition) is 9. The Morgan fingerprint density at radius 1 is 1.10 bits per heavy atom. The van der Waals surface area contributed by atoms with E-state index in [2.05, 4.69) is 25.3 Å². The molecule has 1 aromatic carbocycles. The van der Waals surface area contributed by atoms with Crippen molar-refractivity contribution in [3.63, 3.8) is 0 Å². The predicted octanol–water partition coefficient (Wildman–Crippen LogP) is 4.79. The highest BCUT2D eigenvalue weighted by Gasteiger charge is 2.34. The van der Waals surface area contributed by atoms with Crippen LogP contribution in [0.15, 0.2) is 45.4 Å². The molecule has 0 saturated carbocycles. The highest BCUT2D eigenvalue weighted by Crippen LogP contribution is 2.36. The quantitative estimate of drug-likeness (QED) is 0.333. The molecule has 0 aliphatic carbocycles. The van der Waals surface area contributed by atoms with Gasteiger partial charge in [0.15, 0.2) is 5.76 Å². The van der Waals surface area contributed by atoms with Crippen molar-refractivity contribution in [2.45, 2.75) is 37.2 Å². The minimum Gasteiger partial charge on any atom is -0.366 e. The van der Waals surface area contributed by atoms with Crippen LogP contribution in [0.25, 0.3) is 21.5 Å². The van der Waals surface area contributed by atoms with Crippen LogP contribution in [0.2, 0.25) is 0 Å². The Bertz CT molecular complexity index is 1590. The second-order valence-corrected chi connectivity index (χ2v) is 12.8. The molecular formula is C25H27F3N6O3S2. The third-order valence-electron chi connectivity index (χ3n) is 6.77. The Kier molecular flexibility index (Phi) is 7.39. The highest BCUT2D eigenvalue weighted by atomic mass is 32.2. The van der Waals surface area contributed by atoms with Gasteiger partial charge in [0.2, 0.25) is 0 Å². The first-order valence-electron chi connectivity index (χ1n) is 12.3. The molecule has 0 spiro atoms. The van der Waals surface area contributed by atoms with Gasteiger partial charge in [0, 0.05) is 49.7 Å². The summed E-state index contributed by atoms with van der Waals surface area (Å²) in [5.41, 5.74) is 0.688. The summed E-state index contributed by atoms with van der Waals surface area (Å²) >= 11 is 1.16. The fraction of sp³-hybridized carbons (Fsp3) is 0.400. The predicted molar refractivity (Wildman–Crippen MR) is 142 cm³/mol. The highest BCUT2D eigenvalue weighted by molar-refractivity contribution is 7.91. The van der Waals surface area contributed by atoms with E-state index in [1.807, 2.05) is 20.8 Å². The van der Waals surface area contributed by atoms with Gasteiger partial charge in [-0.1, -0.05) is 11.2 Å². The van der Waals surface area contributed by atoms with Crippen LogP contribution in [0.5, 0.6) is 0 Å². The third kappa shape index (κ3) is 5.51. The van der Waals surface area contributed by atoms with Crippen molar-refractivity contribution >= 4 is 38.1 Å². The number of thiophene rings is 1. The molecule has 39 heavy (non-hydrogen) atoms. The zero-order valence-corrected chi connectivity index (χ0v) is 23.1. The molecule has 1 aliphatic heterocycles. The fourth-order valence-electron chi connectivity index (χ4n) is 4.60. The summed E-state index contributed by atoms with van der Waals surface area (Å²) in [6.07, 6.45) is -3.40. The second-order valence-electron chi connectivity index (χ2n) is 9.51. The van der Waals surface area contributed by atoms with Crippen LogP contribution in [-0.2, 0) is 16.2 Å². The summed E-state index contributed by atoms with van der Waals surface area (Å²) in [5.74, 6) is 0.904. The Hall–Kier alpha value is -3.07. The van der Waals surface area contributed by atoms with Crippen LogP contribution in [0.3, 0.4) is 0 Å². The standard InChI is InChI=1S/C25H27F3N6O3S2/c1-15(31-24-18-5-4-6-19(25(26,27)28)22(18)29-14-30-24)13-33-9-11-34(12-10-33)39(35,36)21-8-7-20(38-21)23-16(2)17(3)32-37-23/h4-8,14-15H,9-13H2,1-3H3,(H,29,30,31). The molecule has 14 heteroatoms. The topological polar surface area (TPSA) is 104 Å². The van der Waals surface area contributed by atoms with Crippen molar-refractivity contribution < 1.29 is 26.1 Å². The number of aryl methyl sites for hydroxylation is 1. The maximum absolute atomic E-state index is 13.4. The summed E-state index contributed by atoms with van der Waals surface area (Å²) in [5, 5.41) is 7.44. The molecule has 1 saturated heterocycles. The summed E-state index contributed by atoms with van der Waals surface area (Å²) in [7, 11) is -3.66. The van der Waals surface area contributed by atoms with Gasteiger partial charge < -0.3 is 9.84 Å². The summed E-state index contributed by atoms with van der Waals surface area (Å²) in [6.45, 7) is 7.89. The lowest BCUT2D eigenvalue weighted by molar-refractivity contribution is -0.136. The first kappa shape index (κ1) is 27.5. The van der Waals surface area contributed by atoms with Crippen molar-refractivity contribution in [2.75, 3.05) is 38.0 Å². The van der Waals surface area contributed by atoms with Gasteiger partial charge in [-0.15, -0.1) is 11.3 Å². The van der Waals surface area contributed by atoms with Crippen molar-refractivity contribution in [3.05, 3.63) is 53.5 Å². The third-order valence-corrected chi connectivity index (χ3v) is 10.2. The van der Waals surface area contributed by atoms with E-state index in [0.717, 1.165) is 35.0 Å². The number of hydrogen-bond donors (Lipinski definition) is 1. The maximum Gasteiger partial charge on any atom is 0.418 e. The van der Waals surface area contributed by atoms with E-state index < -0.39 is 21.8 Å². The number of nitrogens with one attached hydrogen (secondary N) is 1. The molecule has 0 radical (unpaired) electrons. The number of halogens is 3. The van der Waals surface area contributed by atoms with E-state index in [0.29, 0.717) is 54.6 Å². The molecular weight excluding hydrogens is 553 g/mol. The average molecular weight is 581 g/mol. The normalized spacial score (nSPS) is 16.6. The molecule has 9 nitrogen and oxygen atoms in total. The molecule has 1 unspecified atom stereocenters. The van der Waals surface area contributed by atoms with Crippen LogP contribution in [0.4, 0.5) is 19.0 Å². The van der Waals surface area contributed by atoms with Crippen LogP contribution in [0.1, 0.15) is 23.7 Å². The van der Waals surface area contributed by atoms with E-state index in [1.165, 1.54) is 10.4 Å². The molecule has 3 aromatic heterocycles. The molecule has 1 fully saturated rings. The molecule has 4 heterocycles. The molecule has 5 rings (SSSR count). The number of piperazine rings is 1. The largest absolute Gasteiger partial charge is 0.418 e. The zero-order valence-electron chi connectivity index (χ0n) is 21.5. The smallest absolute Gasteiger partial charge is 0.366 e. The van der Waals surface area contributed by atoms with E-state index in [-0.39, 0.29) is 15.8 Å². The molecule has 4 aromatic rings. The molecule has 0 bridgehead atoms. The van der Waals surface area contributed by atoms with Gasteiger partial charge in [-0.2, -0.15) is 17.5 Å². The van der Waals surface area contributed by atoms with Crippen LogP contribution >= 0.6 is 11.3 Å². The lowest BCUT2D eigenvalue weighted by Gasteiger charge is -2.35. The molecule has 208 valence electrons. The maximum atomic E-state index is 13.4. The lowest BCUT2D eigenvalue weighted by atomic mass is 10.1. The molecule has 0 amide bonds. The van der Waals surface area contributed by atoms with Gasteiger partial charge in [-0.05, 0) is 45.0 Å². The Balaban J connectivity index is 1.21. The summed E-state index contributed by atoms with van der Waals surface area (Å²) < 4.78 is 73.9. The first-order chi connectivity index (χ1) is 18.4. The Morgan fingerprint density at radius 2 is 1.85 bits per heavy atom. The number of nitrogens with zero attached hydrogens (tertiary/aromatic N) is 5. The molecule has 1 atom stereocenters. The minimum atomic E-state index is -4.52. The van der Waals surface area contributed by atoms with Gasteiger partial charge in [0.1, 0.15) is 16.4 Å². The molecule has 1 N–H and O–H groups in total. The van der Waals surface area contributed by atoms with Gasteiger partial charge >= 0.3 is 6.18 Å². The van der Waals surface area contributed by atoms with Gasteiger partial charge in [-0.25, -0.2) is 18.4 Å². The SMILES string of the molecule is Cc1noc(-c2ccc(S(=O)(=O)N3CCN(CC(C)Nc4ncnc5c(C(F)(F)F)cccc45)CC3)s2)c1C. The monoisotopic (exact) mass is 580 g/mol. The van der Waals surface area contributed by atoms with Crippen molar-refractivity contribution in [1.29, 1.82) is 0 Å². The van der Waals surface area contributed by atoms with Crippen molar-refractivity contribution in [1.82, 2.24) is 24.3 Å². The van der Waals surface area contributed by atoms with Gasteiger partial charge in [-0.3, -0.25) is 4.90 Å². The number of para-hydroxylation sites is 1. The fourth-order valence-corrected chi connectivity index (χ4v) is 7.52. The number of benzene rings is 1. The van der Waals surface area contributed by atoms with E-state index >= 15 is 0 Å². The minimum absolute atomic E-state index is 0.154. The van der Waals surface area contributed by atoms with E-state index in [4.69, 9.17) is 4.52 Å². The zero-order chi connectivity index (χ0) is 27.9. The number of anilines is 1. The van der Waals surface area contributed by atoms with E-state index in [1.54, 1.807) is 18.2 Å². The number of aromatic nitrogens is 3. The first-order valence-corrected chi connectivity index (χ1v) is 14.5. The Morgan fingerprint density at radius 3 is 2.51 bits per heavy atom. The number of rotatable bonds is 7. The summed E-state index contributed by atoms with van der Waals surface area (Å²) in [4.78, 5) is 10.9. The van der Waals surface area contributed by atoms with Gasteiger partial charge in [0.25, 0.3) is 10.0 Å². The number of alkyl halides is 3. The van der Waals surface area contributed by atoms with Gasteiger partial charge in [0.05, 0.1) is 21.7 Å². The second kappa shape index (κ2) is 10.5. The average Bonchev–Trinajstić information content (AvgIpc) is 3.51. The van der Waals surface area contributed by atoms with Crippen LogP contribution < -0.4 is 5.32 Å². The number of fused-ring (bicyclic) bond motifs is 1. The van der Waals surface area contributed by atoms with Crippen LogP contribution in [-0.4, -0.2) is 71.5 Å². The number of sulfonamides is 1. The van der Waals surface area contributed by atoms with Crippen molar-refractivity contribution in [3.8, 4) is 10.6 Å². The van der Waals surface area contributed by atoms with Crippen molar-refractivity contribution in [2.24, 2.45) is 0 Å². The molecule has 1 aliphatic rings. The van der Waals surface area contributed by atoms with Crippen LogP contribution in [0, 0.1) is 13.8 Å². The summed E-state index contributed by atoms with van der Waals surface area (Å²) in [6, 6.07) is 7.08. The lowest BCUT2D eigenvalue weighted by Crippen LogP contribution is -2.50. The Labute approximate surface area is 227 Å².